The van der Waals surface area contributed by atoms with E-state index in [0.29, 0.717) is 12.6 Å². The molecule has 0 amide bonds. The second-order valence-electron chi connectivity index (χ2n) is 5.41. The van der Waals surface area contributed by atoms with E-state index in [-0.39, 0.29) is 0 Å². The van der Waals surface area contributed by atoms with E-state index in [2.05, 4.69) is 40.1 Å². The molecule has 1 saturated heterocycles. The minimum atomic E-state index is 0.519. The van der Waals surface area contributed by atoms with Crippen LogP contribution in [0, 0.1) is 12.3 Å². The standard InChI is InChI=1S/C17H25N3O/c1-4-8-18-14-15(2)19-9-11-20(12-10-19)16-6-5-7-17(13-16)21-3/h1,5-7,13,15,18H,8-12,14H2,2-3H3. The van der Waals surface area contributed by atoms with Crippen molar-refractivity contribution in [1.29, 1.82) is 0 Å². The predicted octanol–water partition coefficient (Wildman–Crippen LogP) is 1.43. The molecule has 1 atom stereocenters. The number of anilines is 1. The molecule has 0 spiro atoms. The Kier molecular flexibility index (Phi) is 5.91. The number of piperazine rings is 1. The van der Waals surface area contributed by atoms with E-state index in [0.717, 1.165) is 38.5 Å². The Bertz CT molecular complexity index is 475. The van der Waals surface area contributed by atoms with Gasteiger partial charge >= 0.3 is 0 Å². The Morgan fingerprint density at radius 2 is 2.10 bits per heavy atom. The van der Waals surface area contributed by atoms with E-state index < -0.39 is 0 Å². The van der Waals surface area contributed by atoms with Gasteiger partial charge in [0.15, 0.2) is 0 Å². The van der Waals surface area contributed by atoms with Crippen LogP contribution in [0.1, 0.15) is 6.92 Å². The molecule has 0 saturated carbocycles. The van der Waals surface area contributed by atoms with Crippen molar-refractivity contribution in [2.45, 2.75) is 13.0 Å². The van der Waals surface area contributed by atoms with E-state index in [1.165, 1.54) is 5.69 Å². The predicted molar refractivity (Wildman–Crippen MR) is 87.9 cm³/mol. The number of benzene rings is 1. The summed E-state index contributed by atoms with van der Waals surface area (Å²) >= 11 is 0. The lowest BCUT2D eigenvalue weighted by Crippen LogP contribution is -2.52. The molecular formula is C17H25N3O. The molecule has 4 nitrogen and oxygen atoms in total. The molecule has 4 heteroatoms. The SMILES string of the molecule is C#CCNCC(C)N1CCN(c2cccc(OC)c2)CC1. The number of terminal acetylenes is 1. The first-order chi connectivity index (χ1) is 10.2. The van der Waals surface area contributed by atoms with E-state index in [4.69, 9.17) is 11.2 Å². The van der Waals surface area contributed by atoms with Crippen LogP contribution in [0.2, 0.25) is 0 Å². The minimum Gasteiger partial charge on any atom is -0.497 e. The minimum absolute atomic E-state index is 0.519. The van der Waals surface area contributed by atoms with Gasteiger partial charge in [0.1, 0.15) is 5.75 Å². The van der Waals surface area contributed by atoms with E-state index >= 15 is 0 Å². The Morgan fingerprint density at radius 1 is 1.33 bits per heavy atom. The average molecular weight is 287 g/mol. The Morgan fingerprint density at radius 3 is 2.76 bits per heavy atom. The molecule has 1 heterocycles. The van der Waals surface area contributed by atoms with Crippen molar-refractivity contribution in [3.05, 3.63) is 24.3 Å². The Labute approximate surface area is 128 Å². The van der Waals surface area contributed by atoms with E-state index in [9.17, 15) is 0 Å². The van der Waals surface area contributed by atoms with E-state index in [1.54, 1.807) is 7.11 Å². The second-order valence-corrected chi connectivity index (χ2v) is 5.41. The largest absolute Gasteiger partial charge is 0.497 e. The lowest BCUT2D eigenvalue weighted by Gasteiger charge is -2.39. The van der Waals surface area contributed by atoms with Gasteiger partial charge in [-0.2, -0.15) is 0 Å². The zero-order valence-electron chi connectivity index (χ0n) is 13.0. The molecule has 1 unspecified atom stereocenters. The fourth-order valence-electron chi connectivity index (χ4n) is 2.71. The summed E-state index contributed by atoms with van der Waals surface area (Å²) in [6.45, 7) is 8.10. The van der Waals surface area contributed by atoms with Crippen LogP contribution < -0.4 is 15.0 Å². The number of nitrogens with zero attached hydrogens (tertiary/aromatic N) is 2. The zero-order valence-corrected chi connectivity index (χ0v) is 13.0. The summed E-state index contributed by atoms with van der Waals surface area (Å²) in [6, 6.07) is 8.81. The van der Waals surface area contributed by atoms with Crippen LogP contribution in [0.5, 0.6) is 5.75 Å². The van der Waals surface area contributed by atoms with E-state index in [1.807, 2.05) is 12.1 Å². The molecule has 0 aliphatic carbocycles. The van der Waals surface area contributed by atoms with Crippen LogP contribution in [0.15, 0.2) is 24.3 Å². The molecule has 2 rings (SSSR count). The number of nitrogens with one attached hydrogen (secondary N) is 1. The maximum Gasteiger partial charge on any atom is 0.120 e. The molecule has 0 radical (unpaired) electrons. The molecule has 1 N–H and O–H groups in total. The van der Waals surface area contributed by atoms with Crippen LogP contribution in [-0.4, -0.2) is 57.3 Å². The van der Waals surface area contributed by atoms with Crippen LogP contribution >= 0.6 is 0 Å². The lowest BCUT2D eigenvalue weighted by atomic mass is 10.2. The van der Waals surface area contributed by atoms with Crippen LogP contribution in [0.4, 0.5) is 5.69 Å². The smallest absolute Gasteiger partial charge is 0.120 e. The van der Waals surface area contributed by atoms with Crippen LogP contribution in [0.3, 0.4) is 0 Å². The quantitative estimate of drug-likeness (QED) is 0.633. The number of ether oxygens (including phenoxy) is 1. The van der Waals surface area contributed by atoms with Crippen molar-refractivity contribution >= 4 is 5.69 Å². The summed E-state index contributed by atoms with van der Waals surface area (Å²) in [5, 5.41) is 3.28. The fourth-order valence-corrected chi connectivity index (χ4v) is 2.71. The van der Waals surface area contributed by atoms with Gasteiger partial charge in [0, 0.05) is 50.5 Å². The summed E-state index contributed by atoms with van der Waals surface area (Å²) in [5.74, 6) is 3.53. The number of hydrogen-bond donors (Lipinski definition) is 1. The van der Waals surface area contributed by atoms with Gasteiger partial charge < -0.3 is 15.0 Å². The summed E-state index contributed by atoms with van der Waals surface area (Å²) in [7, 11) is 1.71. The first-order valence-corrected chi connectivity index (χ1v) is 7.52. The molecule has 1 aliphatic rings. The van der Waals surface area contributed by atoms with Gasteiger partial charge in [0.2, 0.25) is 0 Å². The van der Waals surface area contributed by atoms with Gasteiger partial charge in [-0.05, 0) is 19.1 Å². The third-order valence-corrected chi connectivity index (χ3v) is 4.02. The molecule has 114 valence electrons. The third-order valence-electron chi connectivity index (χ3n) is 4.02. The Hall–Kier alpha value is -1.70. The van der Waals surface area contributed by atoms with Gasteiger partial charge in [-0.3, -0.25) is 4.90 Å². The summed E-state index contributed by atoms with van der Waals surface area (Å²) in [5.41, 5.74) is 1.24. The highest BCUT2D eigenvalue weighted by molar-refractivity contribution is 5.51. The summed E-state index contributed by atoms with van der Waals surface area (Å²) in [4.78, 5) is 4.93. The first kappa shape index (κ1) is 15.7. The van der Waals surface area contributed by atoms with Gasteiger partial charge in [-0.15, -0.1) is 6.42 Å². The van der Waals surface area contributed by atoms with Crippen LogP contribution in [-0.2, 0) is 0 Å². The average Bonchev–Trinajstić information content (AvgIpc) is 2.55. The molecule has 1 aromatic carbocycles. The third kappa shape index (κ3) is 4.38. The van der Waals surface area contributed by atoms with Gasteiger partial charge in [0.05, 0.1) is 13.7 Å². The maximum absolute atomic E-state index is 5.30. The van der Waals surface area contributed by atoms with Gasteiger partial charge in [0.25, 0.3) is 0 Å². The molecule has 0 aromatic heterocycles. The molecule has 21 heavy (non-hydrogen) atoms. The highest BCUT2D eigenvalue weighted by Crippen LogP contribution is 2.22. The Balaban J connectivity index is 1.83. The summed E-state index contributed by atoms with van der Waals surface area (Å²) < 4.78 is 5.30. The highest BCUT2D eigenvalue weighted by Gasteiger charge is 2.21. The maximum atomic E-state index is 5.30. The number of rotatable bonds is 6. The highest BCUT2D eigenvalue weighted by atomic mass is 16.5. The zero-order chi connectivity index (χ0) is 15.1. The first-order valence-electron chi connectivity index (χ1n) is 7.52. The van der Waals surface area contributed by atoms with Crippen molar-refractivity contribution in [3.8, 4) is 18.1 Å². The normalized spacial score (nSPS) is 17.3. The molecular weight excluding hydrogens is 262 g/mol. The lowest BCUT2D eigenvalue weighted by molar-refractivity contribution is 0.194. The number of hydrogen-bond acceptors (Lipinski definition) is 4. The van der Waals surface area contributed by atoms with Crippen molar-refractivity contribution in [1.82, 2.24) is 10.2 Å². The topological polar surface area (TPSA) is 27.7 Å². The second kappa shape index (κ2) is 7.92. The van der Waals surface area contributed by atoms with Crippen molar-refractivity contribution in [2.24, 2.45) is 0 Å². The number of methoxy groups -OCH3 is 1. The molecule has 1 aromatic rings. The van der Waals surface area contributed by atoms with Crippen molar-refractivity contribution in [3.63, 3.8) is 0 Å². The van der Waals surface area contributed by atoms with Crippen molar-refractivity contribution in [2.75, 3.05) is 51.3 Å². The molecule has 0 bridgehead atoms. The fraction of sp³-hybridized carbons (Fsp3) is 0.529. The monoisotopic (exact) mass is 287 g/mol. The van der Waals surface area contributed by atoms with Crippen LogP contribution in [0.25, 0.3) is 0 Å². The van der Waals surface area contributed by atoms with Gasteiger partial charge in [-0.25, -0.2) is 0 Å². The van der Waals surface area contributed by atoms with Gasteiger partial charge in [-0.1, -0.05) is 12.0 Å². The van der Waals surface area contributed by atoms with Crippen molar-refractivity contribution < 1.29 is 4.74 Å². The summed E-state index contributed by atoms with van der Waals surface area (Å²) in [6.07, 6.45) is 5.26. The molecule has 1 aliphatic heterocycles. The molecule has 1 fully saturated rings.